The van der Waals surface area contributed by atoms with Crippen LogP contribution in [0.5, 0.6) is 0 Å². The number of nitriles is 1. The molecule has 1 heterocycles. The predicted octanol–water partition coefficient (Wildman–Crippen LogP) is 4.16. The summed E-state index contributed by atoms with van der Waals surface area (Å²) < 4.78 is 80.6. The minimum Gasteiger partial charge on any atom is -0.380 e. The van der Waals surface area contributed by atoms with Crippen LogP contribution < -0.4 is 4.90 Å². The Morgan fingerprint density at radius 1 is 0.977 bits per heavy atom. The van der Waals surface area contributed by atoms with Crippen LogP contribution >= 0.6 is 11.3 Å². The summed E-state index contributed by atoms with van der Waals surface area (Å²) in [4.78, 5) is 5.89. The highest BCUT2D eigenvalue weighted by Gasteiger charge is 2.15. The van der Waals surface area contributed by atoms with Crippen LogP contribution in [0.1, 0.15) is 22.4 Å². The van der Waals surface area contributed by atoms with Gasteiger partial charge in [0.05, 0.1) is 62.5 Å². The van der Waals surface area contributed by atoms with Crippen molar-refractivity contribution in [3.05, 3.63) is 45.6 Å². The first-order valence-corrected chi connectivity index (χ1v) is 16.6. The van der Waals surface area contributed by atoms with Gasteiger partial charge in [0.2, 0.25) is 5.69 Å². The van der Waals surface area contributed by atoms with Crippen LogP contribution in [0.15, 0.2) is 28.4 Å². The molecular weight excluding hydrogens is 627 g/mol. The smallest absolute Gasteiger partial charge is 0.380 e. The standard InChI is InChI=1S/C25H33N5O10S3/c1-19-17-21(5-6-22(19)28-29-25-24(27-3)20(2)23(18-26)41-25)30(7-10-37-9-4-16-42(31,32)33)8-11-38-12-13-39-14-15-40-43(34,35)36/h5-6,17H,4,7-16H2,1-2H3,(H,31,32,33)(H,34,35,36). The van der Waals surface area contributed by atoms with Crippen LogP contribution in [0.25, 0.3) is 4.85 Å². The van der Waals surface area contributed by atoms with Crippen molar-refractivity contribution in [2.75, 3.05) is 70.0 Å². The third-order valence-electron chi connectivity index (χ3n) is 5.64. The number of aryl methyl sites for hydroxylation is 1. The molecule has 0 bridgehead atoms. The van der Waals surface area contributed by atoms with E-state index in [4.69, 9.17) is 29.9 Å². The molecule has 0 saturated carbocycles. The van der Waals surface area contributed by atoms with E-state index in [1.54, 1.807) is 13.0 Å². The van der Waals surface area contributed by atoms with E-state index in [9.17, 15) is 22.1 Å². The number of azo groups is 1. The van der Waals surface area contributed by atoms with Gasteiger partial charge in [0.1, 0.15) is 11.1 Å². The Morgan fingerprint density at radius 2 is 1.60 bits per heavy atom. The highest BCUT2D eigenvalue weighted by molar-refractivity contribution is 7.85. The molecule has 0 radical (unpaired) electrons. The van der Waals surface area contributed by atoms with E-state index in [1.165, 1.54) is 0 Å². The van der Waals surface area contributed by atoms with Crippen LogP contribution in [0, 0.1) is 31.8 Å². The molecule has 0 aliphatic rings. The minimum atomic E-state index is -4.50. The quantitative estimate of drug-likeness (QED) is 0.0891. The Balaban J connectivity index is 2.00. The number of hydrogen-bond donors (Lipinski definition) is 2. The summed E-state index contributed by atoms with van der Waals surface area (Å²) in [5.74, 6) is -0.385. The number of benzene rings is 1. The average Bonchev–Trinajstić information content (AvgIpc) is 3.24. The Morgan fingerprint density at radius 3 is 2.19 bits per heavy atom. The molecule has 2 N–H and O–H groups in total. The van der Waals surface area contributed by atoms with Crippen molar-refractivity contribution in [3.63, 3.8) is 0 Å². The first kappa shape index (κ1) is 36.2. The highest BCUT2D eigenvalue weighted by atomic mass is 32.3. The molecule has 0 saturated heterocycles. The molecule has 0 fully saturated rings. The summed E-state index contributed by atoms with van der Waals surface area (Å²) in [5.41, 5.74) is 3.11. The fourth-order valence-electron chi connectivity index (χ4n) is 3.53. The molecule has 18 heteroatoms. The summed E-state index contributed by atoms with van der Waals surface area (Å²) in [6, 6.07) is 7.59. The second kappa shape index (κ2) is 17.9. The number of anilines is 1. The summed E-state index contributed by atoms with van der Waals surface area (Å²) in [5, 5.41) is 18.1. The molecule has 1 aromatic carbocycles. The van der Waals surface area contributed by atoms with Crippen molar-refractivity contribution in [2.45, 2.75) is 20.3 Å². The van der Waals surface area contributed by atoms with Gasteiger partial charge >= 0.3 is 10.4 Å². The van der Waals surface area contributed by atoms with Crippen LogP contribution in [0.2, 0.25) is 0 Å². The van der Waals surface area contributed by atoms with E-state index < -0.39 is 20.5 Å². The second-order valence-corrected chi connectivity index (χ2v) is 12.5. The Bertz CT molecular complexity index is 1530. The molecule has 0 aliphatic carbocycles. The Kier molecular flexibility index (Phi) is 15.1. The molecule has 0 unspecified atom stereocenters. The molecule has 2 aromatic rings. The van der Waals surface area contributed by atoms with Gasteiger partial charge in [0, 0.05) is 25.4 Å². The number of hydrogen-bond acceptors (Lipinski definition) is 13. The summed E-state index contributed by atoms with van der Waals surface area (Å²) in [6.07, 6.45) is 0.158. The summed E-state index contributed by atoms with van der Waals surface area (Å²) in [7, 11) is -8.55. The zero-order valence-electron chi connectivity index (χ0n) is 23.6. The number of ether oxygens (including phenoxy) is 3. The van der Waals surface area contributed by atoms with E-state index in [0.29, 0.717) is 46.5 Å². The lowest BCUT2D eigenvalue weighted by Gasteiger charge is -2.25. The Labute approximate surface area is 255 Å². The van der Waals surface area contributed by atoms with Gasteiger partial charge in [-0.3, -0.25) is 9.11 Å². The zero-order chi connectivity index (χ0) is 31.9. The fraction of sp³-hybridized carbons (Fsp3) is 0.520. The molecule has 15 nitrogen and oxygen atoms in total. The lowest BCUT2D eigenvalue weighted by atomic mass is 10.1. The number of rotatable bonds is 20. The molecule has 0 amide bonds. The van der Waals surface area contributed by atoms with E-state index in [-0.39, 0.29) is 51.8 Å². The van der Waals surface area contributed by atoms with Gasteiger partial charge < -0.3 is 19.1 Å². The van der Waals surface area contributed by atoms with Gasteiger partial charge in [-0.05, 0) is 49.6 Å². The van der Waals surface area contributed by atoms with Gasteiger partial charge in [-0.15, -0.1) is 11.3 Å². The summed E-state index contributed by atoms with van der Waals surface area (Å²) >= 11 is 1.11. The third-order valence-corrected chi connectivity index (χ3v) is 7.98. The normalized spacial score (nSPS) is 12.0. The van der Waals surface area contributed by atoms with Gasteiger partial charge in [-0.2, -0.15) is 32.3 Å². The first-order chi connectivity index (χ1) is 20.3. The molecule has 0 spiro atoms. The summed E-state index contributed by atoms with van der Waals surface area (Å²) in [6.45, 7) is 12.6. The number of nitrogens with zero attached hydrogens (tertiary/aromatic N) is 5. The maximum absolute atomic E-state index is 10.9. The van der Waals surface area contributed by atoms with Gasteiger partial charge in [-0.1, -0.05) is 0 Å². The lowest BCUT2D eigenvalue weighted by molar-refractivity contribution is 0.0375. The van der Waals surface area contributed by atoms with Gasteiger partial charge in [0.25, 0.3) is 10.1 Å². The van der Waals surface area contributed by atoms with E-state index in [1.807, 2.05) is 24.0 Å². The van der Waals surface area contributed by atoms with Crippen LogP contribution in [-0.4, -0.2) is 91.0 Å². The molecule has 43 heavy (non-hydrogen) atoms. The monoisotopic (exact) mass is 659 g/mol. The molecule has 0 aliphatic heterocycles. The molecule has 1 aromatic heterocycles. The van der Waals surface area contributed by atoms with Crippen molar-refractivity contribution >= 4 is 53.9 Å². The average molecular weight is 660 g/mol. The van der Waals surface area contributed by atoms with E-state index >= 15 is 0 Å². The van der Waals surface area contributed by atoms with Gasteiger partial charge in [-0.25, -0.2) is 9.03 Å². The minimum absolute atomic E-state index is 0.0437. The van der Waals surface area contributed by atoms with Crippen molar-refractivity contribution in [1.29, 1.82) is 5.26 Å². The van der Waals surface area contributed by atoms with Crippen molar-refractivity contribution < 1.29 is 44.3 Å². The molecule has 236 valence electrons. The predicted molar refractivity (Wildman–Crippen MR) is 159 cm³/mol. The maximum atomic E-state index is 10.9. The fourth-order valence-corrected chi connectivity index (χ4v) is 5.16. The van der Waals surface area contributed by atoms with Crippen molar-refractivity contribution in [3.8, 4) is 6.07 Å². The first-order valence-electron chi connectivity index (χ1n) is 12.8. The third kappa shape index (κ3) is 13.9. The molecular formula is C25H33N5O10S3. The topological polar surface area (TPSA) is 202 Å². The van der Waals surface area contributed by atoms with Crippen LogP contribution in [0.3, 0.4) is 0 Å². The second-order valence-electron chi connectivity index (χ2n) is 8.82. The number of thiophene rings is 1. The van der Waals surface area contributed by atoms with Crippen LogP contribution in [-0.2, 0) is 38.9 Å². The zero-order valence-corrected chi connectivity index (χ0v) is 26.1. The largest absolute Gasteiger partial charge is 0.397 e. The molecule has 2 rings (SSSR count). The van der Waals surface area contributed by atoms with Gasteiger partial charge in [0.15, 0.2) is 0 Å². The van der Waals surface area contributed by atoms with E-state index in [0.717, 1.165) is 22.6 Å². The van der Waals surface area contributed by atoms with Crippen molar-refractivity contribution in [1.82, 2.24) is 0 Å². The SMILES string of the molecule is [C-]#[N+]c1c(N=Nc2ccc(N(CCOCCCS(=O)(=O)O)CCOCCOCCOS(=O)(=O)O)cc2C)sc(C#N)c1C. The van der Waals surface area contributed by atoms with E-state index in [2.05, 4.69) is 25.3 Å². The highest BCUT2D eigenvalue weighted by Crippen LogP contribution is 2.42. The maximum Gasteiger partial charge on any atom is 0.397 e. The molecule has 0 atom stereocenters. The lowest BCUT2D eigenvalue weighted by Crippen LogP contribution is -2.31. The van der Waals surface area contributed by atoms with Crippen molar-refractivity contribution in [2.24, 2.45) is 10.2 Å². The Hall–Kier alpha value is -3.04. The van der Waals surface area contributed by atoms with Crippen LogP contribution in [0.4, 0.5) is 22.1 Å².